The fraction of sp³-hybridized carbons (Fsp3) is 0.143. The van der Waals surface area contributed by atoms with Gasteiger partial charge in [0, 0.05) is 40.8 Å². The summed E-state index contributed by atoms with van der Waals surface area (Å²) in [6.45, 7) is 1.73. The van der Waals surface area contributed by atoms with Gasteiger partial charge in [-0.25, -0.2) is 9.37 Å². The van der Waals surface area contributed by atoms with E-state index in [1.54, 1.807) is 63.9 Å². The molecule has 2 N–H and O–H groups in total. The van der Waals surface area contributed by atoms with Crippen molar-refractivity contribution < 1.29 is 19.0 Å². The fourth-order valence-electron chi connectivity index (χ4n) is 4.18. The molecule has 0 aliphatic carbocycles. The first-order valence-electron chi connectivity index (χ1n) is 11.3. The zero-order valence-electron chi connectivity index (χ0n) is 20.1. The molecule has 0 amide bonds. The number of anilines is 1. The van der Waals surface area contributed by atoms with E-state index in [9.17, 15) is 9.50 Å². The number of benzene rings is 2. The summed E-state index contributed by atoms with van der Waals surface area (Å²) in [6, 6.07) is 18.0. The Morgan fingerprint density at radius 2 is 1.75 bits per heavy atom. The Morgan fingerprint density at radius 3 is 2.53 bits per heavy atom. The minimum Gasteiger partial charge on any atom is -0.493 e. The molecule has 0 bridgehead atoms. The summed E-state index contributed by atoms with van der Waals surface area (Å²) < 4.78 is 26.3. The molecule has 0 saturated carbocycles. The molecule has 7 nitrogen and oxygen atoms in total. The van der Waals surface area contributed by atoms with Crippen molar-refractivity contribution in [3.63, 3.8) is 0 Å². The van der Waals surface area contributed by atoms with E-state index in [-0.39, 0.29) is 5.82 Å². The molecule has 5 aromatic rings. The van der Waals surface area contributed by atoms with Gasteiger partial charge in [-0.15, -0.1) is 0 Å². The molecule has 0 saturated heterocycles. The number of rotatable bonds is 7. The van der Waals surface area contributed by atoms with Gasteiger partial charge in [-0.3, -0.25) is 9.38 Å². The second-order valence-corrected chi connectivity index (χ2v) is 8.31. The Labute approximate surface area is 207 Å². The number of halogens is 1. The number of ether oxygens (including phenoxy) is 2. The summed E-state index contributed by atoms with van der Waals surface area (Å²) in [5.41, 5.74) is 5.79. The molecule has 8 heteroatoms. The zero-order valence-corrected chi connectivity index (χ0v) is 20.1. The molecule has 182 valence electrons. The predicted octanol–water partition coefficient (Wildman–Crippen LogP) is 5.63. The van der Waals surface area contributed by atoms with Crippen molar-refractivity contribution in [1.29, 1.82) is 0 Å². The van der Waals surface area contributed by atoms with E-state index in [0.29, 0.717) is 34.1 Å². The summed E-state index contributed by atoms with van der Waals surface area (Å²) in [5, 5.41) is 14.1. The van der Waals surface area contributed by atoms with E-state index in [0.717, 1.165) is 22.4 Å². The van der Waals surface area contributed by atoms with Gasteiger partial charge in [-0.1, -0.05) is 6.07 Å². The van der Waals surface area contributed by atoms with Gasteiger partial charge in [0.05, 0.1) is 31.8 Å². The Kier molecular flexibility index (Phi) is 6.26. The van der Waals surface area contributed by atoms with Crippen molar-refractivity contribution in [3.05, 3.63) is 96.3 Å². The lowest BCUT2D eigenvalue weighted by molar-refractivity contribution is 0.202. The second kappa shape index (κ2) is 9.67. The highest BCUT2D eigenvalue weighted by molar-refractivity contribution is 5.81. The third kappa shape index (κ3) is 4.34. The summed E-state index contributed by atoms with van der Waals surface area (Å²) in [7, 11) is 3.13. The van der Waals surface area contributed by atoms with Crippen molar-refractivity contribution in [3.8, 4) is 33.9 Å². The lowest BCUT2D eigenvalue weighted by Gasteiger charge is -2.16. The molecule has 0 aliphatic rings. The number of hydrogen-bond donors (Lipinski definition) is 2. The Hall–Kier alpha value is -4.43. The van der Waals surface area contributed by atoms with E-state index < -0.39 is 6.23 Å². The van der Waals surface area contributed by atoms with Gasteiger partial charge in [0.25, 0.3) is 0 Å². The molecule has 0 fully saturated rings. The Morgan fingerprint density at radius 1 is 0.944 bits per heavy atom. The standard InChI is InChI=1S/C28H25FN4O3/c1-17-13-18(6-9-22(17)29)27-21(5-4-12-30-27)19-7-11-26-31-15-23(33(26)16-19)28(34)32-20-8-10-24(35-2)25(14-20)36-3/h4-16,28,32,34H,1-3H3. The molecule has 5 rings (SSSR count). The molecule has 36 heavy (non-hydrogen) atoms. The van der Waals surface area contributed by atoms with Crippen LogP contribution < -0.4 is 14.8 Å². The molecule has 0 radical (unpaired) electrons. The predicted molar refractivity (Wildman–Crippen MR) is 137 cm³/mol. The van der Waals surface area contributed by atoms with Crippen LogP contribution >= 0.6 is 0 Å². The van der Waals surface area contributed by atoms with E-state index in [4.69, 9.17) is 9.47 Å². The van der Waals surface area contributed by atoms with Crippen LogP contribution in [0.2, 0.25) is 0 Å². The number of aliphatic hydroxyl groups is 1. The van der Waals surface area contributed by atoms with E-state index in [1.807, 2.05) is 34.9 Å². The first-order chi connectivity index (χ1) is 17.5. The number of methoxy groups -OCH3 is 2. The number of aryl methyl sites for hydroxylation is 1. The minimum atomic E-state index is -1.04. The quantitative estimate of drug-likeness (QED) is 0.292. The summed E-state index contributed by atoms with van der Waals surface area (Å²) >= 11 is 0. The molecule has 0 aliphatic heterocycles. The monoisotopic (exact) mass is 484 g/mol. The molecule has 3 aromatic heterocycles. The van der Waals surface area contributed by atoms with Crippen LogP contribution in [-0.4, -0.2) is 33.7 Å². The highest BCUT2D eigenvalue weighted by Crippen LogP contribution is 2.33. The molecule has 1 unspecified atom stereocenters. The van der Waals surface area contributed by atoms with Crippen LogP contribution in [-0.2, 0) is 0 Å². The van der Waals surface area contributed by atoms with Gasteiger partial charge in [0.2, 0.25) is 0 Å². The first-order valence-corrected chi connectivity index (χ1v) is 11.3. The third-order valence-electron chi connectivity index (χ3n) is 6.05. The fourth-order valence-corrected chi connectivity index (χ4v) is 4.18. The molecular formula is C28H25FN4O3. The van der Waals surface area contributed by atoms with Crippen LogP contribution in [0.15, 0.2) is 79.3 Å². The van der Waals surface area contributed by atoms with Crippen LogP contribution in [0.1, 0.15) is 17.5 Å². The molecule has 1 atom stereocenters. The van der Waals surface area contributed by atoms with E-state index in [2.05, 4.69) is 15.3 Å². The van der Waals surface area contributed by atoms with Gasteiger partial charge >= 0.3 is 0 Å². The maximum atomic E-state index is 13.9. The van der Waals surface area contributed by atoms with Gasteiger partial charge in [-0.05, 0) is 61.0 Å². The van der Waals surface area contributed by atoms with Crippen molar-refractivity contribution in [2.24, 2.45) is 0 Å². The largest absolute Gasteiger partial charge is 0.493 e. The average molecular weight is 485 g/mol. The van der Waals surface area contributed by atoms with Gasteiger partial charge < -0.3 is 19.9 Å². The number of hydrogen-bond acceptors (Lipinski definition) is 6. The second-order valence-electron chi connectivity index (χ2n) is 8.31. The van der Waals surface area contributed by atoms with Gasteiger partial charge in [0.15, 0.2) is 17.7 Å². The third-order valence-corrected chi connectivity index (χ3v) is 6.05. The topological polar surface area (TPSA) is 80.9 Å². The zero-order chi connectivity index (χ0) is 25.2. The number of aromatic nitrogens is 3. The Bertz CT molecular complexity index is 1550. The lowest BCUT2D eigenvalue weighted by Crippen LogP contribution is -2.12. The summed E-state index contributed by atoms with van der Waals surface area (Å²) in [6.07, 6.45) is 4.22. The molecule has 3 heterocycles. The number of imidazole rings is 1. The Balaban J connectivity index is 1.51. The van der Waals surface area contributed by atoms with Crippen molar-refractivity contribution in [1.82, 2.24) is 14.4 Å². The first kappa shape index (κ1) is 23.3. The molecule has 2 aromatic carbocycles. The normalized spacial score (nSPS) is 11.9. The SMILES string of the molecule is COc1ccc(NC(O)c2cnc3ccc(-c4cccnc4-c4ccc(F)c(C)c4)cn23)cc1OC. The van der Waals surface area contributed by atoms with Crippen LogP contribution in [0.3, 0.4) is 0 Å². The van der Waals surface area contributed by atoms with Gasteiger partial charge in [0.1, 0.15) is 11.5 Å². The van der Waals surface area contributed by atoms with Crippen LogP contribution in [0.5, 0.6) is 11.5 Å². The van der Waals surface area contributed by atoms with Crippen molar-refractivity contribution in [2.75, 3.05) is 19.5 Å². The van der Waals surface area contributed by atoms with Crippen molar-refractivity contribution >= 4 is 11.3 Å². The maximum absolute atomic E-state index is 13.9. The van der Waals surface area contributed by atoms with E-state index in [1.165, 1.54) is 6.07 Å². The summed E-state index contributed by atoms with van der Waals surface area (Å²) in [5.74, 6) is 0.896. The highest BCUT2D eigenvalue weighted by atomic mass is 19.1. The summed E-state index contributed by atoms with van der Waals surface area (Å²) in [4.78, 5) is 9.02. The smallest absolute Gasteiger partial charge is 0.168 e. The van der Waals surface area contributed by atoms with Crippen molar-refractivity contribution in [2.45, 2.75) is 13.2 Å². The number of nitrogens with one attached hydrogen (secondary N) is 1. The average Bonchev–Trinajstić information content (AvgIpc) is 3.33. The molecule has 0 spiro atoms. The minimum absolute atomic E-state index is 0.253. The lowest BCUT2D eigenvalue weighted by atomic mass is 9.99. The van der Waals surface area contributed by atoms with Crippen LogP contribution in [0.4, 0.5) is 10.1 Å². The van der Waals surface area contributed by atoms with Crippen LogP contribution in [0.25, 0.3) is 28.0 Å². The highest BCUT2D eigenvalue weighted by Gasteiger charge is 2.16. The van der Waals surface area contributed by atoms with Crippen LogP contribution in [0, 0.1) is 12.7 Å². The van der Waals surface area contributed by atoms with E-state index >= 15 is 0 Å². The number of pyridine rings is 2. The number of fused-ring (bicyclic) bond motifs is 1. The van der Waals surface area contributed by atoms with Gasteiger partial charge in [-0.2, -0.15) is 0 Å². The number of aliphatic hydroxyl groups excluding tert-OH is 1. The molecular weight excluding hydrogens is 459 g/mol. The maximum Gasteiger partial charge on any atom is 0.168 e. The number of nitrogens with zero attached hydrogens (tertiary/aromatic N) is 3.